The molecule has 0 aliphatic rings. The molecule has 14 heavy (non-hydrogen) atoms. The van der Waals surface area contributed by atoms with Crippen LogP contribution in [-0.2, 0) is 5.88 Å². The summed E-state index contributed by atoms with van der Waals surface area (Å²) in [4.78, 5) is 5.62. The molecular formula is C11H10ClNS. The third-order valence-corrected chi connectivity index (χ3v) is 3.61. The maximum atomic E-state index is 5.75. The number of halogens is 1. The van der Waals surface area contributed by atoms with Crippen LogP contribution in [0.15, 0.2) is 30.3 Å². The number of alkyl halides is 1. The van der Waals surface area contributed by atoms with Gasteiger partial charge in [0.15, 0.2) is 0 Å². The lowest BCUT2D eigenvalue weighted by atomic mass is 10.2. The van der Waals surface area contributed by atoms with E-state index in [0.29, 0.717) is 5.88 Å². The number of hydrogen-bond donors (Lipinski definition) is 0. The van der Waals surface area contributed by atoms with Gasteiger partial charge >= 0.3 is 0 Å². The minimum Gasteiger partial charge on any atom is -0.245 e. The number of benzene rings is 1. The Hall–Kier alpha value is -0.860. The molecule has 3 heteroatoms. The Bertz CT molecular complexity index is 422. The first kappa shape index (κ1) is 9.69. The zero-order chi connectivity index (χ0) is 9.97. The van der Waals surface area contributed by atoms with Gasteiger partial charge in [0.2, 0.25) is 0 Å². The SMILES string of the molecule is Cc1nc(CCl)sc1-c1ccccc1. The van der Waals surface area contributed by atoms with Crippen LogP contribution in [0.1, 0.15) is 10.7 Å². The van der Waals surface area contributed by atoms with Crippen LogP contribution in [0.5, 0.6) is 0 Å². The monoisotopic (exact) mass is 223 g/mol. The van der Waals surface area contributed by atoms with Crippen molar-refractivity contribution < 1.29 is 0 Å². The van der Waals surface area contributed by atoms with Gasteiger partial charge in [-0.15, -0.1) is 22.9 Å². The van der Waals surface area contributed by atoms with Gasteiger partial charge < -0.3 is 0 Å². The molecule has 0 unspecified atom stereocenters. The Balaban J connectivity index is 2.46. The summed E-state index contributed by atoms with van der Waals surface area (Å²) in [6.07, 6.45) is 0. The maximum absolute atomic E-state index is 5.75. The van der Waals surface area contributed by atoms with E-state index in [1.165, 1.54) is 10.4 Å². The molecule has 0 fully saturated rings. The molecule has 2 rings (SSSR count). The van der Waals surface area contributed by atoms with E-state index in [1.807, 2.05) is 25.1 Å². The summed E-state index contributed by atoms with van der Waals surface area (Å²) in [5.41, 5.74) is 2.29. The molecule has 0 aliphatic carbocycles. The molecule has 0 spiro atoms. The van der Waals surface area contributed by atoms with Crippen molar-refractivity contribution in [3.05, 3.63) is 41.0 Å². The molecule has 0 saturated carbocycles. The van der Waals surface area contributed by atoms with E-state index >= 15 is 0 Å². The van der Waals surface area contributed by atoms with Gasteiger partial charge in [0.05, 0.1) is 16.5 Å². The third-order valence-electron chi connectivity index (χ3n) is 1.99. The van der Waals surface area contributed by atoms with Crippen molar-refractivity contribution in [3.63, 3.8) is 0 Å². The van der Waals surface area contributed by atoms with E-state index in [4.69, 9.17) is 11.6 Å². The smallest absolute Gasteiger partial charge is 0.108 e. The van der Waals surface area contributed by atoms with Crippen molar-refractivity contribution in [2.75, 3.05) is 0 Å². The van der Waals surface area contributed by atoms with E-state index in [0.717, 1.165) is 10.7 Å². The summed E-state index contributed by atoms with van der Waals surface area (Å²) in [6.45, 7) is 2.02. The first-order valence-corrected chi connectivity index (χ1v) is 5.74. The van der Waals surface area contributed by atoms with Gasteiger partial charge in [-0.2, -0.15) is 0 Å². The molecule has 1 aromatic heterocycles. The minimum atomic E-state index is 0.498. The molecule has 0 radical (unpaired) electrons. The fraction of sp³-hybridized carbons (Fsp3) is 0.182. The molecule has 1 nitrogen and oxygen atoms in total. The van der Waals surface area contributed by atoms with Crippen LogP contribution in [0.4, 0.5) is 0 Å². The molecule has 1 aromatic carbocycles. The number of aryl methyl sites for hydroxylation is 1. The van der Waals surface area contributed by atoms with Crippen LogP contribution in [-0.4, -0.2) is 4.98 Å². The van der Waals surface area contributed by atoms with Crippen molar-refractivity contribution in [2.24, 2.45) is 0 Å². The molecular weight excluding hydrogens is 214 g/mol. The quantitative estimate of drug-likeness (QED) is 0.705. The second-order valence-electron chi connectivity index (χ2n) is 3.02. The summed E-state index contributed by atoms with van der Waals surface area (Å²) in [5, 5.41) is 0.989. The van der Waals surface area contributed by atoms with Crippen LogP contribution in [0, 0.1) is 6.92 Å². The second-order valence-corrected chi connectivity index (χ2v) is 4.37. The van der Waals surface area contributed by atoms with Crippen molar-refractivity contribution in [1.82, 2.24) is 4.98 Å². The molecule has 2 aromatic rings. The van der Waals surface area contributed by atoms with Crippen molar-refractivity contribution in [3.8, 4) is 10.4 Å². The first-order valence-electron chi connectivity index (χ1n) is 4.39. The lowest BCUT2D eigenvalue weighted by Gasteiger charge is -1.96. The van der Waals surface area contributed by atoms with E-state index in [9.17, 15) is 0 Å². The van der Waals surface area contributed by atoms with Crippen LogP contribution in [0.2, 0.25) is 0 Å². The normalized spacial score (nSPS) is 10.4. The van der Waals surface area contributed by atoms with E-state index in [2.05, 4.69) is 17.1 Å². The minimum absolute atomic E-state index is 0.498. The predicted molar refractivity (Wildman–Crippen MR) is 61.8 cm³/mol. The second kappa shape index (κ2) is 4.11. The van der Waals surface area contributed by atoms with Crippen LogP contribution < -0.4 is 0 Å². The highest BCUT2D eigenvalue weighted by molar-refractivity contribution is 7.15. The molecule has 0 saturated heterocycles. The van der Waals surface area contributed by atoms with E-state index < -0.39 is 0 Å². The Kier molecular flexibility index (Phi) is 2.85. The topological polar surface area (TPSA) is 12.9 Å². The van der Waals surface area contributed by atoms with E-state index in [-0.39, 0.29) is 0 Å². The number of hydrogen-bond acceptors (Lipinski definition) is 2. The van der Waals surface area contributed by atoms with Crippen molar-refractivity contribution >= 4 is 22.9 Å². The average Bonchev–Trinajstić information content (AvgIpc) is 2.61. The Morgan fingerprint density at radius 1 is 1.29 bits per heavy atom. The van der Waals surface area contributed by atoms with Gasteiger partial charge in [-0.25, -0.2) is 4.98 Å². The Morgan fingerprint density at radius 2 is 2.00 bits per heavy atom. The average molecular weight is 224 g/mol. The van der Waals surface area contributed by atoms with Crippen LogP contribution in [0.25, 0.3) is 10.4 Å². The van der Waals surface area contributed by atoms with Gasteiger partial charge in [-0.1, -0.05) is 30.3 Å². The number of thiazole rings is 1. The maximum Gasteiger partial charge on any atom is 0.108 e. The van der Waals surface area contributed by atoms with Crippen LogP contribution >= 0.6 is 22.9 Å². The third kappa shape index (κ3) is 1.81. The summed E-state index contributed by atoms with van der Waals surface area (Å²) in [7, 11) is 0. The van der Waals surface area contributed by atoms with Gasteiger partial charge in [-0.3, -0.25) is 0 Å². The Morgan fingerprint density at radius 3 is 2.57 bits per heavy atom. The molecule has 0 N–H and O–H groups in total. The highest BCUT2D eigenvalue weighted by Crippen LogP contribution is 2.30. The molecule has 0 aliphatic heterocycles. The largest absolute Gasteiger partial charge is 0.245 e. The summed E-state index contributed by atoms with van der Waals surface area (Å²) < 4.78 is 0. The Labute approximate surface area is 92.4 Å². The fourth-order valence-corrected chi connectivity index (χ4v) is 2.51. The highest BCUT2D eigenvalue weighted by Gasteiger charge is 2.07. The lowest BCUT2D eigenvalue weighted by molar-refractivity contribution is 1.18. The molecule has 0 amide bonds. The van der Waals surface area contributed by atoms with Crippen LogP contribution in [0.3, 0.4) is 0 Å². The standard InChI is InChI=1S/C11H10ClNS/c1-8-11(14-10(7-12)13-8)9-5-3-2-4-6-9/h2-6H,7H2,1H3. The summed E-state index contributed by atoms with van der Waals surface area (Å²) in [5.74, 6) is 0.498. The lowest BCUT2D eigenvalue weighted by Crippen LogP contribution is -1.77. The molecule has 72 valence electrons. The van der Waals surface area contributed by atoms with E-state index in [1.54, 1.807) is 11.3 Å². The van der Waals surface area contributed by atoms with Crippen molar-refractivity contribution in [1.29, 1.82) is 0 Å². The highest BCUT2D eigenvalue weighted by atomic mass is 35.5. The number of aromatic nitrogens is 1. The summed E-state index contributed by atoms with van der Waals surface area (Å²) in [6, 6.07) is 10.3. The fourth-order valence-electron chi connectivity index (χ4n) is 1.37. The zero-order valence-corrected chi connectivity index (χ0v) is 9.40. The zero-order valence-electron chi connectivity index (χ0n) is 7.83. The van der Waals surface area contributed by atoms with Gasteiger partial charge in [0.25, 0.3) is 0 Å². The molecule has 0 bridgehead atoms. The summed E-state index contributed by atoms with van der Waals surface area (Å²) >= 11 is 7.42. The number of rotatable bonds is 2. The van der Waals surface area contributed by atoms with Gasteiger partial charge in [0, 0.05) is 0 Å². The molecule has 0 atom stereocenters. The van der Waals surface area contributed by atoms with Gasteiger partial charge in [-0.05, 0) is 12.5 Å². The predicted octanol–water partition coefficient (Wildman–Crippen LogP) is 3.86. The van der Waals surface area contributed by atoms with Gasteiger partial charge in [0.1, 0.15) is 5.01 Å². The molecule has 1 heterocycles. The van der Waals surface area contributed by atoms with Crippen molar-refractivity contribution in [2.45, 2.75) is 12.8 Å². The first-order chi connectivity index (χ1) is 6.81. The number of nitrogens with zero attached hydrogens (tertiary/aromatic N) is 1.